The summed E-state index contributed by atoms with van der Waals surface area (Å²) in [6, 6.07) is 0. The van der Waals surface area contributed by atoms with E-state index in [9.17, 15) is 9.59 Å². The van der Waals surface area contributed by atoms with Crippen LogP contribution in [0.25, 0.3) is 0 Å². The van der Waals surface area contributed by atoms with E-state index in [2.05, 4.69) is 21.7 Å². The third-order valence-corrected chi connectivity index (χ3v) is 0.596. The summed E-state index contributed by atoms with van der Waals surface area (Å²) in [6.07, 6.45) is -0.0117. The molecule has 0 aromatic rings. The second-order valence-corrected chi connectivity index (χ2v) is 1.32. The Bertz CT molecular complexity index is 168. The highest BCUT2D eigenvalue weighted by molar-refractivity contribution is 5.82. The van der Waals surface area contributed by atoms with Crippen molar-refractivity contribution in [2.45, 2.75) is 0 Å². The summed E-state index contributed by atoms with van der Waals surface area (Å²) >= 11 is 0. The topological polar surface area (TPSA) is 76.7 Å². The molecular weight excluding hydrogens is 152 g/mol. The molecule has 0 fully saturated rings. The third kappa shape index (κ3) is 4.91. The molecule has 62 valence electrons. The van der Waals surface area contributed by atoms with E-state index < -0.39 is 12.1 Å². The van der Waals surface area contributed by atoms with Crippen molar-refractivity contribution in [2.24, 2.45) is 0 Å². The Morgan fingerprint density at radius 1 is 1.45 bits per heavy atom. The number of rotatable bonds is 2. The van der Waals surface area contributed by atoms with Gasteiger partial charge in [-0.25, -0.2) is 9.59 Å². The molecule has 0 aliphatic rings. The molecule has 0 aliphatic heterocycles. The van der Waals surface area contributed by atoms with Gasteiger partial charge in [0, 0.05) is 13.1 Å². The number of hydrogen-bond acceptors (Lipinski definition) is 5. The molecule has 1 amide bonds. The summed E-state index contributed by atoms with van der Waals surface area (Å²) in [5, 5.41) is 0. The maximum Gasteiger partial charge on any atom is 0.459 e. The van der Waals surface area contributed by atoms with E-state index in [1.165, 1.54) is 7.05 Å². The molecular formula is C5H8N2O4. The maximum atomic E-state index is 10.4. The number of hydrogen-bond donors (Lipinski definition) is 2. The van der Waals surface area contributed by atoms with Gasteiger partial charge in [0.25, 0.3) is 0 Å². The van der Waals surface area contributed by atoms with Crippen molar-refractivity contribution < 1.29 is 19.3 Å². The first kappa shape index (κ1) is 9.44. The zero-order chi connectivity index (χ0) is 8.69. The summed E-state index contributed by atoms with van der Waals surface area (Å²) in [5.41, 5.74) is 3.77. The van der Waals surface area contributed by atoms with Gasteiger partial charge in [-0.2, -0.15) is 5.48 Å². The summed E-state index contributed by atoms with van der Waals surface area (Å²) in [7, 11) is 1.38. The largest absolute Gasteiger partial charge is 0.459 e. The lowest BCUT2D eigenvalue weighted by molar-refractivity contribution is -0.144. The Morgan fingerprint density at radius 3 is 2.55 bits per heavy atom. The molecule has 0 rings (SSSR count). The van der Waals surface area contributed by atoms with E-state index in [0.717, 1.165) is 6.08 Å². The van der Waals surface area contributed by atoms with Crippen LogP contribution >= 0.6 is 0 Å². The van der Waals surface area contributed by atoms with Crippen molar-refractivity contribution in [3.8, 4) is 0 Å². The Morgan fingerprint density at radius 2 is 2.09 bits per heavy atom. The summed E-state index contributed by atoms with van der Waals surface area (Å²) in [5.74, 6) is -0.766. The van der Waals surface area contributed by atoms with Crippen LogP contribution < -0.4 is 11.0 Å². The van der Waals surface area contributed by atoms with Crippen molar-refractivity contribution in [3.05, 3.63) is 12.7 Å². The quantitative estimate of drug-likeness (QED) is 0.420. The van der Waals surface area contributed by atoms with Crippen molar-refractivity contribution in [1.29, 1.82) is 0 Å². The molecule has 0 bridgehead atoms. The van der Waals surface area contributed by atoms with Gasteiger partial charge in [-0.1, -0.05) is 6.58 Å². The smallest absolute Gasteiger partial charge is 0.352 e. The molecule has 0 saturated heterocycles. The molecule has 11 heavy (non-hydrogen) atoms. The molecule has 0 spiro atoms. The van der Waals surface area contributed by atoms with E-state index >= 15 is 0 Å². The van der Waals surface area contributed by atoms with E-state index in [1.54, 1.807) is 5.48 Å². The van der Waals surface area contributed by atoms with Crippen LogP contribution in [0.4, 0.5) is 4.79 Å². The van der Waals surface area contributed by atoms with E-state index in [4.69, 9.17) is 0 Å². The number of hydroxylamine groups is 2. The van der Waals surface area contributed by atoms with E-state index in [0.29, 0.717) is 0 Å². The predicted octanol–water partition coefficient (Wildman–Crippen LogP) is -0.509. The van der Waals surface area contributed by atoms with E-state index in [1.807, 2.05) is 0 Å². The SMILES string of the molecule is C=CC(=O)ONC(=O)ONC. The highest BCUT2D eigenvalue weighted by Gasteiger charge is 2.02. The van der Waals surface area contributed by atoms with Gasteiger partial charge in [0.1, 0.15) is 0 Å². The molecule has 6 nitrogen and oxygen atoms in total. The fraction of sp³-hybridized carbons (Fsp3) is 0.200. The minimum Gasteiger partial charge on any atom is -0.352 e. The van der Waals surface area contributed by atoms with Crippen LogP contribution in [0.1, 0.15) is 0 Å². The average Bonchev–Trinajstić information content (AvgIpc) is 2.01. The molecule has 0 atom stereocenters. The van der Waals surface area contributed by atoms with Gasteiger partial charge in [0.2, 0.25) is 0 Å². The lowest BCUT2D eigenvalue weighted by Crippen LogP contribution is -2.30. The number of carbonyl (C=O) groups is 2. The zero-order valence-corrected chi connectivity index (χ0v) is 5.92. The molecule has 0 unspecified atom stereocenters. The fourth-order valence-corrected chi connectivity index (χ4v) is 0.247. The highest BCUT2D eigenvalue weighted by Crippen LogP contribution is 1.75. The first-order valence-corrected chi connectivity index (χ1v) is 2.67. The van der Waals surface area contributed by atoms with Crippen LogP contribution in [-0.2, 0) is 14.5 Å². The van der Waals surface area contributed by atoms with Crippen molar-refractivity contribution in [2.75, 3.05) is 7.05 Å². The lowest BCUT2D eigenvalue weighted by Gasteiger charge is -2.01. The number of carbonyl (C=O) groups excluding carboxylic acids is 2. The van der Waals surface area contributed by atoms with Crippen LogP contribution in [0.15, 0.2) is 12.7 Å². The van der Waals surface area contributed by atoms with Gasteiger partial charge in [-0.3, -0.25) is 0 Å². The van der Waals surface area contributed by atoms with E-state index in [-0.39, 0.29) is 0 Å². The second kappa shape index (κ2) is 5.24. The van der Waals surface area contributed by atoms with Crippen LogP contribution in [0, 0.1) is 0 Å². The molecule has 6 heteroatoms. The van der Waals surface area contributed by atoms with Gasteiger partial charge in [0.05, 0.1) is 0 Å². The van der Waals surface area contributed by atoms with Gasteiger partial charge in [0.15, 0.2) is 0 Å². The third-order valence-electron chi connectivity index (χ3n) is 0.596. The Kier molecular flexibility index (Phi) is 4.50. The summed E-state index contributed by atoms with van der Waals surface area (Å²) in [4.78, 5) is 28.9. The molecule has 0 saturated carbocycles. The van der Waals surface area contributed by atoms with Crippen LogP contribution in [0.5, 0.6) is 0 Å². The predicted molar refractivity (Wildman–Crippen MR) is 35.0 cm³/mol. The van der Waals surface area contributed by atoms with Gasteiger partial charge < -0.3 is 9.68 Å². The number of nitrogens with one attached hydrogen (secondary N) is 2. The van der Waals surface area contributed by atoms with Gasteiger partial charge in [-0.15, -0.1) is 5.48 Å². The molecule has 0 heterocycles. The molecule has 0 aromatic heterocycles. The minimum atomic E-state index is -0.914. The molecule has 2 N–H and O–H groups in total. The fourth-order valence-electron chi connectivity index (χ4n) is 0.247. The first-order chi connectivity index (χ1) is 5.20. The highest BCUT2D eigenvalue weighted by atomic mass is 16.8. The zero-order valence-electron chi connectivity index (χ0n) is 5.92. The molecule has 0 aromatic carbocycles. The van der Waals surface area contributed by atoms with Crippen LogP contribution in [0.2, 0.25) is 0 Å². The second-order valence-electron chi connectivity index (χ2n) is 1.32. The van der Waals surface area contributed by atoms with Crippen molar-refractivity contribution in [3.63, 3.8) is 0 Å². The van der Waals surface area contributed by atoms with Crippen molar-refractivity contribution >= 4 is 12.1 Å². The monoisotopic (exact) mass is 160 g/mol. The Labute approximate surface area is 63.1 Å². The Hall–Kier alpha value is -1.56. The summed E-state index contributed by atoms with van der Waals surface area (Å²) < 4.78 is 0. The Balaban J connectivity index is 3.45. The summed E-state index contributed by atoms with van der Waals surface area (Å²) in [6.45, 7) is 3.10. The number of amides is 1. The van der Waals surface area contributed by atoms with Crippen molar-refractivity contribution in [1.82, 2.24) is 11.0 Å². The molecule has 0 aliphatic carbocycles. The van der Waals surface area contributed by atoms with Gasteiger partial charge >= 0.3 is 12.1 Å². The lowest BCUT2D eigenvalue weighted by atomic mass is 10.7. The standard InChI is InChI=1S/C5H8N2O4/c1-3-4(8)10-7-5(9)11-6-2/h3,6H,1H2,2H3,(H,7,9). The first-order valence-electron chi connectivity index (χ1n) is 2.67. The molecule has 0 radical (unpaired) electrons. The van der Waals surface area contributed by atoms with Gasteiger partial charge in [-0.05, 0) is 0 Å². The normalized spacial score (nSPS) is 8.09. The average molecular weight is 160 g/mol. The van der Waals surface area contributed by atoms with Crippen LogP contribution in [-0.4, -0.2) is 19.1 Å². The van der Waals surface area contributed by atoms with Crippen LogP contribution in [0.3, 0.4) is 0 Å². The minimum absolute atomic E-state index is 0.766. The maximum absolute atomic E-state index is 10.4.